The van der Waals surface area contributed by atoms with Gasteiger partial charge in [-0.15, -0.1) is 0 Å². The molecular formula is C19H26F2N4O2. The first-order valence-corrected chi connectivity index (χ1v) is 8.73. The zero-order valence-corrected chi connectivity index (χ0v) is 16.3. The van der Waals surface area contributed by atoms with Crippen LogP contribution < -0.4 is 5.32 Å². The summed E-state index contributed by atoms with van der Waals surface area (Å²) < 4.78 is 34.3. The van der Waals surface area contributed by atoms with E-state index in [1.54, 1.807) is 21.1 Å². The number of methoxy groups -OCH3 is 1. The molecule has 2 rings (SSSR count). The molecule has 2 amide bonds. The van der Waals surface area contributed by atoms with Crippen molar-refractivity contribution in [2.45, 2.75) is 39.9 Å². The monoisotopic (exact) mass is 380 g/mol. The molecule has 8 heteroatoms. The fourth-order valence-corrected chi connectivity index (χ4v) is 2.89. The van der Waals surface area contributed by atoms with Crippen LogP contribution in [-0.4, -0.2) is 41.5 Å². The molecule has 0 saturated carbocycles. The number of rotatable bonds is 7. The number of benzene rings is 1. The zero-order valence-electron chi connectivity index (χ0n) is 16.3. The van der Waals surface area contributed by atoms with E-state index < -0.39 is 17.7 Å². The molecule has 0 spiro atoms. The highest BCUT2D eigenvalue weighted by Crippen LogP contribution is 2.23. The summed E-state index contributed by atoms with van der Waals surface area (Å²) >= 11 is 0. The summed E-state index contributed by atoms with van der Waals surface area (Å²) in [5.74, 6) is -1.09. The third kappa shape index (κ3) is 4.82. The summed E-state index contributed by atoms with van der Waals surface area (Å²) in [4.78, 5) is 13.8. The minimum absolute atomic E-state index is 0.132. The van der Waals surface area contributed by atoms with Crippen LogP contribution in [0.2, 0.25) is 0 Å². The topological polar surface area (TPSA) is 59.4 Å². The van der Waals surface area contributed by atoms with Crippen molar-refractivity contribution in [1.82, 2.24) is 20.0 Å². The smallest absolute Gasteiger partial charge is 0.317 e. The van der Waals surface area contributed by atoms with Crippen molar-refractivity contribution in [3.63, 3.8) is 0 Å². The van der Waals surface area contributed by atoms with Gasteiger partial charge in [0.2, 0.25) is 0 Å². The van der Waals surface area contributed by atoms with Gasteiger partial charge in [0.05, 0.1) is 24.9 Å². The van der Waals surface area contributed by atoms with Crippen molar-refractivity contribution < 1.29 is 18.3 Å². The molecular weight excluding hydrogens is 354 g/mol. The Bertz CT molecular complexity index is 807. The summed E-state index contributed by atoms with van der Waals surface area (Å²) in [6.07, 6.45) is 0. The summed E-state index contributed by atoms with van der Waals surface area (Å²) in [7, 11) is 3.18. The number of ether oxygens (including phenoxy) is 1. The van der Waals surface area contributed by atoms with Crippen molar-refractivity contribution in [3.05, 3.63) is 52.3 Å². The van der Waals surface area contributed by atoms with Gasteiger partial charge in [-0.1, -0.05) is 0 Å². The third-order valence-electron chi connectivity index (χ3n) is 4.76. The van der Waals surface area contributed by atoms with Gasteiger partial charge in [-0.25, -0.2) is 13.6 Å². The molecule has 27 heavy (non-hydrogen) atoms. The summed E-state index contributed by atoms with van der Waals surface area (Å²) in [6, 6.07) is 2.23. The Morgan fingerprint density at radius 1 is 1.37 bits per heavy atom. The molecule has 0 radical (unpaired) electrons. The van der Waals surface area contributed by atoms with Gasteiger partial charge in [-0.05, 0) is 39.0 Å². The van der Waals surface area contributed by atoms with Crippen LogP contribution >= 0.6 is 0 Å². The van der Waals surface area contributed by atoms with Gasteiger partial charge in [0, 0.05) is 37.5 Å². The van der Waals surface area contributed by atoms with Crippen LogP contribution in [0.3, 0.4) is 0 Å². The summed E-state index contributed by atoms with van der Waals surface area (Å²) in [5.41, 5.74) is 2.84. The van der Waals surface area contributed by atoms with Gasteiger partial charge in [-0.3, -0.25) is 4.68 Å². The van der Waals surface area contributed by atoms with E-state index in [2.05, 4.69) is 10.4 Å². The lowest BCUT2D eigenvalue weighted by Crippen LogP contribution is -2.38. The number of carbonyl (C=O) groups is 1. The highest BCUT2D eigenvalue weighted by atomic mass is 19.1. The fraction of sp³-hybridized carbons (Fsp3) is 0.474. The molecule has 0 bridgehead atoms. The summed E-state index contributed by atoms with van der Waals surface area (Å²) in [5, 5.41) is 7.28. The second kappa shape index (κ2) is 8.94. The SMILES string of the molecule is COCCn1nc(C)c(CNC(=O)N(C)C(C)c2cc(F)ccc2F)c1C. The van der Waals surface area contributed by atoms with Gasteiger partial charge in [0.25, 0.3) is 0 Å². The van der Waals surface area contributed by atoms with Gasteiger partial charge in [0.15, 0.2) is 0 Å². The molecule has 0 aliphatic rings. The number of carbonyl (C=O) groups excluding carboxylic acids is 1. The molecule has 1 unspecified atom stereocenters. The molecule has 0 aliphatic carbocycles. The van der Waals surface area contributed by atoms with E-state index in [9.17, 15) is 13.6 Å². The molecule has 6 nitrogen and oxygen atoms in total. The Hall–Kier alpha value is -2.48. The average molecular weight is 380 g/mol. The van der Waals surface area contributed by atoms with E-state index in [1.807, 2.05) is 18.5 Å². The van der Waals surface area contributed by atoms with Crippen LogP contribution in [0.5, 0.6) is 0 Å². The van der Waals surface area contributed by atoms with E-state index in [-0.39, 0.29) is 11.6 Å². The Morgan fingerprint density at radius 3 is 2.74 bits per heavy atom. The molecule has 148 valence electrons. The molecule has 1 N–H and O–H groups in total. The second-order valence-corrected chi connectivity index (χ2v) is 6.48. The molecule has 0 fully saturated rings. The first-order valence-electron chi connectivity index (χ1n) is 8.73. The van der Waals surface area contributed by atoms with Crippen LogP contribution in [0.4, 0.5) is 13.6 Å². The van der Waals surface area contributed by atoms with E-state index in [0.29, 0.717) is 19.7 Å². The van der Waals surface area contributed by atoms with Crippen LogP contribution in [0.25, 0.3) is 0 Å². The molecule has 0 saturated heterocycles. The molecule has 2 aromatic rings. The van der Waals surface area contributed by atoms with Crippen molar-refractivity contribution in [2.75, 3.05) is 20.8 Å². The van der Waals surface area contributed by atoms with Gasteiger partial charge in [0.1, 0.15) is 11.6 Å². The third-order valence-corrected chi connectivity index (χ3v) is 4.76. The number of halogens is 2. The van der Waals surface area contributed by atoms with Crippen LogP contribution in [0, 0.1) is 25.5 Å². The molecule has 1 heterocycles. The maximum absolute atomic E-state index is 14.0. The second-order valence-electron chi connectivity index (χ2n) is 6.48. The highest BCUT2D eigenvalue weighted by molar-refractivity contribution is 5.74. The first-order chi connectivity index (χ1) is 12.8. The minimum Gasteiger partial charge on any atom is -0.383 e. The van der Waals surface area contributed by atoms with Crippen molar-refractivity contribution in [2.24, 2.45) is 0 Å². The highest BCUT2D eigenvalue weighted by Gasteiger charge is 2.21. The molecule has 0 aliphatic heterocycles. The number of nitrogens with zero attached hydrogens (tertiary/aromatic N) is 3. The average Bonchev–Trinajstić information content (AvgIpc) is 2.91. The normalized spacial score (nSPS) is 12.1. The van der Waals surface area contributed by atoms with E-state index in [1.165, 1.54) is 4.90 Å². The summed E-state index contributed by atoms with van der Waals surface area (Å²) in [6.45, 7) is 6.95. The quantitative estimate of drug-likeness (QED) is 0.802. The van der Waals surface area contributed by atoms with Gasteiger partial charge in [-0.2, -0.15) is 5.10 Å². The van der Waals surface area contributed by atoms with Crippen molar-refractivity contribution in [3.8, 4) is 0 Å². The molecule has 1 atom stereocenters. The lowest BCUT2D eigenvalue weighted by Gasteiger charge is -2.26. The minimum atomic E-state index is -0.618. The molecule has 1 aromatic heterocycles. The largest absolute Gasteiger partial charge is 0.383 e. The van der Waals surface area contributed by atoms with Gasteiger partial charge < -0.3 is 15.0 Å². The maximum atomic E-state index is 14.0. The van der Waals surface area contributed by atoms with E-state index in [4.69, 9.17) is 4.74 Å². The Labute approximate surface area is 158 Å². The Morgan fingerprint density at radius 2 is 2.07 bits per heavy atom. The number of amides is 2. The maximum Gasteiger partial charge on any atom is 0.317 e. The number of nitrogens with one attached hydrogen (secondary N) is 1. The van der Waals surface area contributed by atoms with Crippen LogP contribution in [0.15, 0.2) is 18.2 Å². The number of urea groups is 1. The fourth-order valence-electron chi connectivity index (χ4n) is 2.89. The van der Waals surface area contributed by atoms with Crippen molar-refractivity contribution >= 4 is 6.03 Å². The zero-order chi connectivity index (χ0) is 20.1. The van der Waals surface area contributed by atoms with E-state index >= 15 is 0 Å². The lowest BCUT2D eigenvalue weighted by atomic mass is 10.1. The first kappa shape index (κ1) is 20.8. The predicted octanol–water partition coefficient (Wildman–Crippen LogP) is 3.33. The predicted molar refractivity (Wildman–Crippen MR) is 98.3 cm³/mol. The standard InChI is InChI=1S/C19H26F2N4O2/c1-12-17(14(3)25(23-12)8-9-27-5)11-22-19(26)24(4)13(2)16-10-15(20)6-7-18(16)21/h6-7,10,13H,8-9,11H2,1-5H3,(H,22,26). The number of hydrogen-bond donors (Lipinski definition) is 1. The Balaban J connectivity index is 2.05. The lowest BCUT2D eigenvalue weighted by molar-refractivity contribution is 0.182. The number of hydrogen-bond acceptors (Lipinski definition) is 3. The van der Waals surface area contributed by atoms with Crippen molar-refractivity contribution in [1.29, 1.82) is 0 Å². The van der Waals surface area contributed by atoms with Crippen LogP contribution in [0.1, 0.15) is 35.5 Å². The number of aromatic nitrogens is 2. The Kier molecular flexibility index (Phi) is 6.90. The van der Waals surface area contributed by atoms with Crippen LogP contribution in [-0.2, 0) is 17.8 Å². The molecule has 1 aromatic carbocycles. The van der Waals surface area contributed by atoms with E-state index in [0.717, 1.165) is 35.2 Å². The number of aryl methyl sites for hydroxylation is 1. The van der Waals surface area contributed by atoms with Gasteiger partial charge >= 0.3 is 6.03 Å².